The number of piperidine rings is 1. The van der Waals surface area contributed by atoms with Crippen molar-refractivity contribution in [1.29, 1.82) is 0 Å². The zero-order valence-corrected chi connectivity index (χ0v) is 14.0. The number of benzene rings is 1. The lowest BCUT2D eigenvalue weighted by Gasteiger charge is -2.35. The summed E-state index contributed by atoms with van der Waals surface area (Å²) in [6, 6.07) is 7.22. The van der Waals surface area contributed by atoms with Crippen LogP contribution in [0.15, 0.2) is 18.2 Å². The minimum Gasteiger partial charge on any atom is -0.306 e. The molecule has 1 saturated heterocycles. The zero-order chi connectivity index (χ0) is 14.7. The average molecular weight is 295 g/mol. The van der Waals surface area contributed by atoms with E-state index in [0.29, 0.717) is 5.92 Å². The van der Waals surface area contributed by atoms with Gasteiger partial charge < -0.3 is 4.90 Å². The maximum Gasteiger partial charge on any atom is 0.0451 e. The fourth-order valence-electron chi connectivity index (χ4n) is 2.91. The maximum absolute atomic E-state index is 6.36. The van der Waals surface area contributed by atoms with E-state index in [1.165, 1.54) is 37.1 Å². The van der Waals surface area contributed by atoms with E-state index in [-0.39, 0.29) is 0 Å². The first kappa shape index (κ1) is 15.8. The van der Waals surface area contributed by atoms with Crippen LogP contribution in [0.2, 0.25) is 5.02 Å². The van der Waals surface area contributed by atoms with Gasteiger partial charge in [0.2, 0.25) is 0 Å². The van der Waals surface area contributed by atoms with Gasteiger partial charge in [0.25, 0.3) is 0 Å². The highest BCUT2D eigenvalue weighted by atomic mass is 35.5. The quantitative estimate of drug-likeness (QED) is 0.828. The van der Waals surface area contributed by atoms with Gasteiger partial charge in [0, 0.05) is 17.6 Å². The molecular weight excluding hydrogens is 268 g/mol. The van der Waals surface area contributed by atoms with Crippen LogP contribution >= 0.6 is 11.6 Å². The lowest BCUT2D eigenvalue weighted by molar-refractivity contribution is 0.140. The molecule has 0 aliphatic carbocycles. The van der Waals surface area contributed by atoms with Crippen molar-refractivity contribution in [3.8, 4) is 0 Å². The zero-order valence-electron chi connectivity index (χ0n) is 13.2. The molecule has 0 bridgehead atoms. The largest absolute Gasteiger partial charge is 0.306 e. The normalized spacial score (nSPS) is 18.1. The Morgan fingerprint density at radius 2 is 1.90 bits per heavy atom. The van der Waals surface area contributed by atoms with Crippen molar-refractivity contribution in [3.63, 3.8) is 0 Å². The molecule has 0 saturated carbocycles. The van der Waals surface area contributed by atoms with E-state index in [4.69, 9.17) is 11.6 Å². The van der Waals surface area contributed by atoms with Gasteiger partial charge in [-0.3, -0.25) is 4.90 Å². The number of halogens is 1. The molecule has 1 aromatic rings. The summed E-state index contributed by atoms with van der Waals surface area (Å²) in [6.07, 6.45) is 2.52. The van der Waals surface area contributed by atoms with Crippen LogP contribution in [0.3, 0.4) is 0 Å². The van der Waals surface area contributed by atoms with Crippen molar-refractivity contribution in [2.75, 3.05) is 27.2 Å². The SMILES string of the molecule is CC(C)c1ccc(Cl)c(CN2CCC(N(C)C)CC2)c1. The summed E-state index contributed by atoms with van der Waals surface area (Å²) in [5.74, 6) is 0.561. The smallest absolute Gasteiger partial charge is 0.0451 e. The highest BCUT2D eigenvalue weighted by molar-refractivity contribution is 6.31. The second-order valence-electron chi connectivity index (χ2n) is 6.48. The summed E-state index contributed by atoms with van der Waals surface area (Å²) >= 11 is 6.36. The van der Waals surface area contributed by atoms with Crippen molar-refractivity contribution in [2.45, 2.75) is 45.2 Å². The number of hydrogen-bond acceptors (Lipinski definition) is 2. The van der Waals surface area contributed by atoms with Crippen LogP contribution in [0.4, 0.5) is 0 Å². The highest BCUT2D eigenvalue weighted by Gasteiger charge is 2.21. The second-order valence-corrected chi connectivity index (χ2v) is 6.88. The molecule has 20 heavy (non-hydrogen) atoms. The van der Waals surface area contributed by atoms with Crippen molar-refractivity contribution in [1.82, 2.24) is 9.80 Å². The Kier molecular flexibility index (Phi) is 5.48. The summed E-state index contributed by atoms with van der Waals surface area (Å²) in [4.78, 5) is 4.88. The molecule has 2 nitrogen and oxygen atoms in total. The molecule has 0 spiro atoms. The Hall–Kier alpha value is -0.570. The molecule has 112 valence electrons. The van der Waals surface area contributed by atoms with Crippen molar-refractivity contribution in [2.24, 2.45) is 0 Å². The van der Waals surface area contributed by atoms with E-state index in [1.807, 2.05) is 0 Å². The molecule has 0 aromatic heterocycles. The Balaban J connectivity index is 1.99. The van der Waals surface area contributed by atoms with Gasteiger partial charge in [-0.25, -0.2) is 0 Å². The molecule has 1 fully saturated rings. The van der Waals surface area contributed by atoms with Crippen molar-refractivity contribution in [3.05, 3.63) is 34.3 Å². The second kappa shape index (κ2) is 6.93. The van der Waals surface area contributed by atoms with Gasteiger partial charge in [0.15, 0.2) is 0 Å². The van der Waals surface area contributed by atoms with E-state index in [0.717, 1.165) is 17.6 Å². The molecule has 1 aliphatic rings. The van der Waals surface area contributed by atoms with Gasteiger partial charge in [0.05, 0.1) is 0 Å². The molecule has 0 unspecified atom stereocenters. The third-order valence-corrected chi connectivity index (χ3v) is 4.79. The average Bonchev–Trinajstić information content (AvgIpc) is 2.41. The predicted molar refractivity (Wildman–Crippen MR) is 87.5 cm³/mol. The lowest BCUT2D eigenvalue weighted by Crippen LogP contribution is -2.41. The van der Waals surface area contributed by atoms with Gasteiger partial charge in [-0.05, 0) is 63.1 Å². The van der Waals surface area contributed by atoms with Crippen molar-refractivity contribution < 1.29 is 0 Å². The Labute approximate surface area is 128 Å². The van der Waals surface area contributed by atoms with Crippen LogP contribution < -0.4 is 0 Å². The molecule has 1 heterocycles. The van der Waals surface area contributed by atoms with Crippen LogP contribution in [0.5, 0.6) is 0 Å². The molecule has 0 amide bonds. The molecule has 1 aliphatic heterocycles. The molecule has 0 N–H and O–H groups in total. The summed E-state index contributed by atoms with van der Waals surface area (Å²) in [7, 11) is 4.37. The van der Waals surface area contributed by atoms with Crippen LogP contribution in [0, 0.1) is 0 Å². The van der Waals surface area contributed by atoms with Crippen LogP contribution in [0.1, 0.15) is 43.7 Å². The van der Waals surface area contributed by atoms with Gasteiger partial charge in [-0.2, -0.15) is 0 Å². The summed E-state index contributed by atoms with van der Waals surface area (Å²) in [6.45, 7) is 7.79. The lowest BCUT2D eigenvalue weighted by atomic mass is 9.99. The van der Waals surface area contributed by atoms with E-state index in [1.54, 1.807) is 0 Å². The summed E-state index contributed by atoms with van der Waals surface area (Å²) in [5.41, 5.74) is 2.66. The van der Waals surface area contributed by atoms with E-state index >= 15 is 0 Å². The molecule has 0 radical (unpaired) electrons. The number of nitrogens with zero attached hydrogens (tertiary/aromatic N) is 2. The fourth-order valence-corrected chi connectivity index (χ4v) is 3.09. The third kappa shape index (κ3) is 3.97. The van der Waals surface area contributed by atoms with Crippen LogP contribution in [0.25, 0.3) is 0 Å². The number of hydrogen-bond donors (Lipinski definition) is 0. The topological polar surface area (TPSA) is 6.48 Å². The monoisotopic (exact) mass is 294 g/mol. The molecule has 2 rings (SSSR count). The fraction of sp³-hybridized carbons (Fsp3) is 0.647. The van der Waals surface area contributed by atoms with Gasteiger partial charge in [0.1, 0.15) is 0 Å². The minimum atomic E-state index is 0.561. The van der Waals surface area contributed by atoms with Gasteiger partial charge >= 0.3 is 0 Å². The van der Waals surface area contributed by atoms with Crippen LogP contribution in [-0.4, -0.2) is 43.0 Å². The van der Waals surface area contributed by atoms with Gasteiger partial charge in [-0.1, -0.05) is 37.6 Å². The standard InChI is InChI=1S/C17H27ClN2/c1-13(2)14-5-6-17(18)15(11-14)12-20-9-7-16(8-10-20)19(3)4/h5-6,11,13,16H,7-10,12H2,1-4H3. The van der Waals surface area contributed by atoms with Gasteiger partial charge in [-0.15, -0.1) is 0 Å². The first-order valence-corrected chi connectivity index (χ1v) is 8.02. The molecule has 1 aromatic carbocycles. The molecule has 3 heteroatoms. The first-order valence-electron chi connectivity index (χ1n) is 7.64. The Morgan fingerprint density at radius 3 is 2.45 bits per heavy atom. The number of likely N-dealkylation sites (tertiary alicyclic amines) is 1. The first-order chi connectivity index (χ1) is 9.47. The Bertz CT molecular complexity index is 435. The number of rotatable bonds is 4. The molecular formula is C17H27ClN2. The summed E-state index contributed by atoms with van der Waals surface area (Å²) < 4.78 is 0. The summed E-state index contributed by atoms with van der Waals surface area (Å²) in [5, 5.41) is 0.907. The predicted octanol–water partition coefficient (Wildman–Crippen LogP) is 3.99. The van der Waals surface area contributed by atoms with E-state index < -0.39 is 0 Å². The minimum absolute atomic E-state index is 0.561. The Morgan fingerprint density at radius 1 is 1.25 bits per heavy atom. The van der Waals surface area contributed by atoms with Crippen molar-refractivity contribution >= 4 is 11.6 Å². The maximum atomic E-state index is 6.36. The van der Waals surface area contributed by atoms with Crippen LogP contribution in [-0.2, 0) is 6.54 Å². The van der Waals surface area contributed by atoms with E-state index in [2.05, 4.69) is 55.9 Å². The third-order valence-electron chi connectivity index (χ3n) is 4.42. The van der Waals surface area contributed by atoms with E-state index in [9.17, 15) is 0 Å². The molecule has 0 atom stereocenters. The highest BCUT2D eigenvalue weighted by Crippen LogP contribution is 2.25.